The van der Waals surface area contributed by atoms with E-state index in [1.807, 2.05) is 30.3 Å². The number of amides is 1. The van der Waals surface area contributed by atoms with E-state index in [4.69, 9.17) is 5.11 Å². The molecule has 2 N–H and O–H groups in total. The van der Waals surface area contributed by atoms with E-state index >= 15 is 0 Å². The van der Waals surface area contributed by atoms with Crippen molar-refractivity contribution >= 4 is 11.9 Å². The Morgan fingerprint density at radius 2 is 1.92 bits per heavy atom. The summed E-state index contributed by atoms with van der Waals surface area (Å²) >= 11 is 0. The Hall–Kier alpha value is -2.96. The Labute approximate surface area is 138 Å². The van der Waals surface area contributed by atoms with Crippen LogP contribution in [0.5, 0.6) is 0 Å². The summed E-state index contributed by atoms with van der Waals surface area (Å²) < 4.78 is 1.10. The second kappa shape index (κ2) is 8.05. The number of aromatic nitrogens is 2. The molecule has 1 unspecified atom stereocenters. The normalized spacial score (nSPS) is 11.7. The summed E-state index contributed by atoms with van der Waals surface area (Å²) in [4.78, 5) is 34.4. The van der Waals surface area contributed by atoms with Crippen LogP contribution in [0.15, 0.2) is 47.3 Å². The molecule has 2 aromatic rings. The van der Waals surface area contributed by atoms with Crippen LogP contribution in [0, 0.1) is 5.92 Å². The first-order valence-corrected chi connectivity index (χ1v) is 7.58. The van der Waals surface area contributed by atoms with Crippen LogP contribution >= 0.6 is 0 Å². The summed E-state index contributed by atoms with van der Waals surface area (Å²) in [7, 11) is 0. The molecule has 1 atom stereocenters. The van der Waals surface area contributed by atoms with Crippen molar-refractivity contribution in [2.45, 2.75) is 19.9 Å². The number of benzene rings is 1. The molecular formula is C17H19N3O4. The molecule has 0 aliphatic carbocycles. The van der Waals surface area contributed by atoms with E-state index in [0.717, 1.165) is 10.2 Å². The highest BCUT2D eigenvalue weighted by Gasteiger charge is 2.11. The number of rotatable bonds is 7. The second-order valence-electron chi connectivity index (χ2n) is 5.59. The first-order chi connectivity index (χ1) is 11.5. The summed E-state index contributed by atoms with van der Waals surface area (Å²) in [5.74, 6) is -1.48. The summed E-state index contributed by atoms with van der Waals surface area (Å²) in [6.07, 6.45) is -0.0258. The Morgan fingerprint density at radius 3 is 2.58 bits per heavy atom. The topological polar surface area (TPSA) is 101 Å². The van der Waals surface area contributed by atoms with Gasteiger partial charge in [-0.2, -0.15) is 5.10 Å². The number of carbonyl (C=O) groups is 2. The van der Waals surface area contributed by atoms with Gasteiger partial charge in [-0.1, -0.05) is 37.3 Å². The third kappa shape index (κ3) is 5.05. The molecular weight excluding hydrogens is 310 g/mol. The van der Waals surface area contributed by atoms with Crippen LogP contribution in [0.3, 0.4) is 0 Å². The molecule has 0 fully saturated rings. The number of carbonyl (C=O) groups excluding carboxylic acids is 1. The highest BCUT2D eigenvalue weighted by molar-refractivity contribution is 5.75. The first-order valence-electron chi connectivity index (χ1n) is 7.58. The molecule has 1 aromatic carbocycles. The van der Waals surface area contributed by atoms with Gasteiger partial charge in [-0.25, -0.2) is 4.68 Å². The molecule has 0 spiro atoms. The number of carboxylic acids is 1. The van der Waals surface area contributed by atoms with Gasteiger partial charge in [-0.3, -0.25) is 14.4 Å². The maximum absolute atomic E-state index is 11.9. The summed E-state index contributed by atoms with van der Waals surface area (Å²) in [5.41, 5.74) is 1.08. The Bertz CT molecular complexity index is 771. The minimum atomic E-state index is -0.912. The van der Waals surface area contributed by atoms with Crippen molar-refractivity contribution in [3.63, 3.8) is 0 Å². The third-order valence-electron chi connectivity index (χ3n) is 3.40. The Balaban J connectivity index is 2.03. The smallest absolute Gasteiger partial charge is 0.303 e. The monoisotopic (exact) mass is 329 g/mol. The second-order valence-corrected chi connectivity index (χ2v) is 5.59. The number of carboxylic acid groups (broad SMARTS) is 1. The fourth-order valence-corrected chi connectivity index (χ4v) is 2.18. The first kappa shape index (κ1) is 17.4. The van der Waals surface area contributed by atoms with Crippen LogP contribution in [0.4, 0.5) is 0 Å². The van der Waals surface area contributed by atoms with Crippen molar-refractivity contribution in [1.29, 1.82) is 0 Å². The van der Waals surface area contributed by atoms with Crippen molar-refractivity contribution in [2.75, 3.05) is 6.54 Å². The van der Waals surface area contributed by atoms with Gasteiger partial charge in [0.05, 0.1) is 5.69 Å². The Morgan fingerprint density at radius 1 is 1.21 bits per heavy atom. The van der Waals surface area contributed by atoms with Crippen LogP contribution in [0.1, 0.15) is 13.3 Å². The zero-order chi connectivity index (χ0) is 17.5. The van der Waals surface area contributed by atoms with Crippen LogP contribution in [-0.4, -0.2) is 33.3 Å². The third-order valence-corrected chi connectivity index (χ3v) is 3.40. The fraction of sp³-hybridized carbons (Fsp3) is 0.294. The van der Waals surface area contributed by atoms with E-state index < -0.39 is 5.97 Å². The number of hydrogen-bond donors (Lipinski definition) is 2. The molecule has 1 aromatic heterocycles. The van der Waals surface area contributed by atoms with Gasteiger partial charge in [-0.05, 0) is 12.0 Å². The minimum absolute atomic E-state index is 0.0258. The van der Waals surface area contributed by atoms with Gasteiger partial charge >= 0.3 is 5.97 Å². The van der Waals surface area contributed by atoms with E-state index in [9.17, 15) is 14.4 Å². The van der Waals surface area contributed by atoms with E-state index in [1.165, 1.54) is 6.07 Å². The summed E-state index contributed by atoms with van der Waals surface area (Å²) in [6, 6.07) is 12.3. The van der Waals surface area contributed by atoms with Crippen LogP contribution in [0.25, 0.3) is 11.3 Å². The van der Waals surface area contributed by atoms with Crippen LogP contribution in [0.2, 0.25) is 0 Å². The predicted octanol–water partition coefficient (Wildman–Crippen LogP) is 1.14. The maximum Gasteiger partial charge on any atom is 0.303 e. The molecule has 7 heteroatoms. The number of nitrogens with one attached hydrogen (secondary N) is 1. The molecule has 0 saturated carbocycles. The van der Waals surface area contributed by atoms with Crippen molar-refractivity contribution in [2.24, 2.45) is 5.92 Å². The quantitative estimate of drug-likeness (QED) is 0.793. The zero-order valence-corrected chi connectivity index (χ0v) is 13.3. The molecule has 0 aliphatic heterocycles. The van der Waals surface area contributed by atoms with Gasteiger partial charge in [0.15, 0.2) is 0 Å². The van der Waals surface area contributed by atoms with Crippen LogP contribution < -0.4 is 10.9 Å². The van der Waals surface area contributed by atoms with Crippen molar-refractivity contribution < 1.29 is 14.7 Å². The molecule has 1 amide bonds. The maximum atomic E-state index is 11.9. The summed E-state index contributed by atoms with van der Waals surface area (Å²) in [6.45, 7) is 1.76. The number of hydrogen-bond acceptors (Lipinski definition) is 4. The molecule has 126 valence electrons. The molecule has 1 heterocycles. The lowest BCUT2D eigenvalue weighted by molar-refractivity contribution is -0.138. The lowest BCUT2D eigenvalue weighted by Gasteiger charge is -2.11. The Kier molecular flexibility index (Phi) is 5.83. The van der Waals surface area contributed by atoms with Crippen molar-refractivity contribution in [3.05, 3.63) is 52.8 Å². The van der Waals surface area contributed by atoms with Gasteiger partial charge < -0.3 is 10.4 Å². The highest BCUT2D eigenvalue weighted by atomic mass is 16.4. The molecule has 0 bridgehead atoms. The van der Waals surface area contributed by atoms with E-state index in [1.54, 1.807) is 13.0 Å². The molecule has 0 aliphatic rings. The highest BCUT2D eigenvalue weighted by Crippen LogP contribution is 2.13. The molecule has 2 rings (SSSR count). The zero-order valence-electron chi connectivity index (χ0n) is 13.3. The van der Waals surface area contributed by atoms with Gasteiger partial charge in [0, 0.05) is 24.6 Å². The molecule has 24 heavy (non-hydrogen) atoms. The number of nitrogens with zero attached hydrogens (tertiary/aromatic N) is 2. The van der Waals surface area contributed by atoms with Gasteiger partial charge in [0.25, 0.3) is 5.56 Å². The minimum Gasteiger partial charge on any atom is -0.481 e. The summed E-state index contributed by atoms with van der Waals surface area (Å²) in [5, 5.41) is 15.5. The average molecular weight is 329 g/mol. The van der Waals surface area contributed by atoms with Gasteiger partial charge in [0.2, 0.25) is 5.91 Å². The molecule has 0 radical (unpaired) electrons. The van der Waals surface area contributed by atoms with E-state index in [0.29, 0.717) is 5.69 Å². The van der Waals surface area contributed by atoms with Gasteiger partial charge in [0.1, 0.15) is 6.54 Å². The van der Waals surface area contributed by atoms with E-state index in [2.05, 4.69) is 10.4 Å². The largest absolute Gasteiger partial charge is 0.481 e. The number of aliphatic carboxylic acids is 1. The van der Waals surface area contributed by atoms with Crippen LogP contribution in [-0.2, 0) is 16.1 Å². The SMILES string of the molecule is CC(CNC(=O)Cn1nc(-c2ccccc2)ccc1=O)CC(=O)O. The standard InChI is InChI=1S/C17H19N3O4/c1-12(9-17(23)24)10-18-15(21)11-20-16(22)8-7-14(19-20)13-5-3-2-4-6-13/h2-8,12H,9-11H2,1H3,(H,18,21)(H,23,24). The van der Waals surface area contributed by atoms with E-state index in [-0.39, 0.29) is 36.9 Å². The van der Waals surface area contributed by atoms with Crippen molar-refractivity contribution in [1.82, 2.24) is 15.1 Å². The van der Waals surface area contributed by atoms with Gasteiger partial charge in [-0.15, -0.1) is 0 Å². The fourth-order valence-electron chi connectivity index (χ4n) is 2.18. The van der Waals surface area contributed by atoms with Crippen molar-refractivity contribution in [3.8, 4) is 11.3 Å². The lowest BCUT2D eigenvalue weighted by Crippen LogP contribution is -2.35. The molecule has 7 nitrogen and oxygen atoms in total. The average Bonchev–Trinajstić information content (AvgIpc) is 2.55. The lowest BCUT2D eigenvalue weighted by atomic mass is 10.1. The predicted molar refractivity (Wildman–Crippen MR) is 88.4 cm³/mol. The molecule has 0 saturated heterocycles.